The largest absolute Gasteiger partial charge is 0.504 e. The summed E-state index contributed by atoms with van der Waals surface area (Å²) in [5.74, 6) is -0.313. The minimum Gasteiger partial charge on any atom is -0.504 e. The van der Waals surface area contributed by atoms with E-state index >= 15 is 0 Å². The van der Waals surface area contributed by atoms with Gasteiger partial charge in [0, 0.05) is 29.9 Å². The zero-order chi connectivity index (χ0) is 21.2. The number of amides is 1. The number of fused-ring (bicyclic) bond motifs is 1. The second kappa shape index (κ2) is 7.92. The fourth-order valence-electron chi connectivity index (χ4n) is 2.89. The number of nitrogens with zero attached hydrogens (tertiary/aromatic N) is 2. The summed E-state index contributed by atoms with van der Waals surface area (Å²) in [7, 11) is -0.795. The fourth-order valence-corrected chi connectivity index (χ4v) is 3.71. The molecular weight excluding hydrogens is 398 g/mol. The number of hydrogen-bond donors (Lipinski definition) is 2. The van der Waals surface area contributed by atoms with Crippen LogP contribution in [-0.4, -0.2) is 49.9 Å². The smallest absolute Gasteiger partial charge is 0.274 e. The SMILES string of the molecule is COc1cccc(CNC(=O)c2nc(S(C)(=O)=O)c3cccnc3c2O)c1OC. The average Bonchev–Trinajstić information content (AvgIpc) is 2.71. The summed E-state index contributed by atoms with van der Waals surface area (Å²) in [4.78, 5) is 20.6. The van der Waals surface area contributed by atoms with E-state index in [1.807, 2.05) is 0 Å². The standard InChI is InChI=1S/C19H19N3O6S/c1-27-13-8-4-6-11(17(13)28-2)10-21-18(24)15-16(23)14-12(7-5-9-20-14)19(22-15)29(3,25)26/h4-9,23H,10H2,1-3H3,(H,21,24). The first-order valence-corrected chi connectivity index (χ1v) is 10.3. The van der Waals surface area contributed by atoms with Crippen molar-refractivity contribution in [2.45, 2.75) is 11.6 Å². The molecule has 0 aliphatic heterocycles. The Bertz CT molecular complexity index is 1190. The molecule has 0 bridgehead atoms. The van der Waals surface area contributed by atoms with Gasteiger partial charge in [0.15, 0.2) is 37.8 Å². The Morgan fingerprint density at radius 3 is 2.59 bits per heavy atom. The zero-order valence-electron chi connectivity index (χ0n) is 16.0. The van der Waals surface area contributed by atoms with E-state index in [0.29, 0.717) is 17.1 Å². The van der Waals surface area contributed by atoms with Crippen LogP contribution in [0.25, 0.3) is 10.9 Å². The van der Waals surface area contributed by atoms with Crippen LogP contribution in [0.2, 0.25) is 0 Å². The number of carbonyl (C=O) groups excluding carboxylic acids is 1. The highest BCUT2D eigenvalue weighted by atomic mass is 32.2. The summed E-state index contributed by atoms with van der Waals surface area (Å²) in [6.07, 6.45) is 2.36. The Labute approximate surface area is 167 Å². The molecule has 0 spiro atoms. The Hall–Kier alpha value is -3.40. The highest BCUT2D eigenvalue weighted by Gasteiger charge is 2.24. The Morgan fingerprint density at radius 2 is 1.93 bits per heavy atom. The summed E-state index contributed by atoms with van der Waals surface area (Å²) in [5, 5.41) is 12.9. The molecule has 9 nitrogen and oxygen atoms in total. The molecule has 2 heterocycles. The first kappa shape index (κ1) is 20.3. The zero-order valence-corrected chi connectivity index (χ0v) is 16.8. The number of nitrogens with one attached hydrogen (secondary N) is 1. The molecule has 10 heteroatoms. The van der Waals surface area contributed by atoms with Crippen molar-refractivity contribution in [2.24, 2.45) is 0 Å². The maximum absolute atomic E-state index is 12.7. The van der Waals surface area contributed by atoms with E-state index in [1.165, 1.54) is 32.5 Å². The van der Waals surface area contributed by atoms with Crippen LogP contribution >= 0.6 is 0 Å². The maximum Gasteiger partial charge on any atom is 0.274 e. The van der Waals surface area contributed by atoms with Crippen molar-refractivity contribution in [3.63, 3.8) is 0 Å². The van der Waals surface area contributed by atoms with Gasteiger partial charge in [0.2, 0.25) is 0 Å². The molecule has 0 radical (unpaired) electrons. The van der Waals surface area contributed by atoms with Crippen LogP contribution in [0.1, 0.15) is 16.1 Å². The molecule has 0 atom stereocenters. The Kier molecular flexibility index (Phi) is 5.55. The monoisotopic (exact) mass is 417 g/mol. The summed E-state index contributed by atoms with van der Waals surface area (Å²) in [5.41, 5.74) is 0.174. The molecule has 1 aromatic carbocycles. The van der Waals surface area contributed by atoms with Gasteiger partial charge in [-0.05, 0) is 18.2 Å². The lowest BCUT2D eigenvalue weighted by Gasteiger charge is -2.14. The molecule has 152 valence electrons. The fraction of sp³-hybridized carbons (Fsp3) is 0.211. The lowest BCUT2D eigenvalue weighted by molar-refractivity contribution is 0.0942. The third-order valence-corrected chi connectivity index (χ3v) is 5.20. The van der Waals surface area contributed by atoms with Crippen molar-refractivity contribution in [3.05, 3.63) is 47.8 Å². The van der Waals surface area contributed by atoms with Crippen LogP contribution < -0.4 is 14.8 Å². The molecule has 0 aliphatic carbocycles. The molecule has 0 saturated carbocycles. The number of ether oxygens (including phenoxy) is 2. The van der Waals surface area contributed by atoms with Gasteiger partial charge in [0.1, 0.15) is 5.52 Å². The van der Waals surface area contributed by atoms with Crippen LogP contribution in [-0.2, 0) is 16.4 Å². The van der Waals surface area contributed by atoms with E-state index in [2.05, 4.69) is 15.3 Å². The number of rotatable bonds is 6. The molecule has 0 fully saturated rings. The summed E-state index contributed by atoms with van der Waals surface area (Å²) in [6, 6.07) is 8.17. The van der Waals surface area contributed by atoms with E-state index < -0.39 is 27.2 Å². The van der Waals surface area contributed by atoms with Gasteiger partial charge in [-0.1, -0.05) is 12.1 Å². The Balaban J connectivity index is 2.00. The van der Waals surface area contributed by atoms with E-state index in [1.54, 1.807) is 18.2 Å². The molecule has 1 amide bonds. The molecule has 3 aromatic rings. The predicted molar refractivity (Wildman–Crippen MR) is 105 cm³/mol. The van der Waals surface area contributed by atoms with Gasteiger partial charge in [-0.25, -0.2) is 13.4 Å². The van der Waals surface area contributed by atoms with Gasteiger partial charge >= 0.3 is 0 Å². The number of para-hydroxylation sites is 1. The van der Waals surface area contributed by atoms with Crippen LogP contribution in [0.4, 0.5) is 0 Å². The van der Waals surface area contributed by atoms with Crippen molar-refractivity contribution in [3.8, 4) is 17.2 Å². The summed E-state index contributed by atoms with van der Waals surface area (Å²) < 4.78 is 34.8. The van der Waals surface area contributed by atoms with Crippen molar-refractivity contribution < 1.29 is 27.8 Å². The number of carbonyl (C=O) groups is 1. The first-order valence-electron chi connectivity index (χ1n) is 8.43. The number of hydrogen-bond acceptors (Lipinski definition) is 8. The summed E-state index contributed by atoms with van der Waals surface area (Å²) >= 11 is 0. The lowest BCUT2D eigenvalue weighted by atomic mass is 10.1. The van der Waals surface area contributed by atoms with Gasteiger partial charge in [0.25, 0.3) is 5.91 Å². The first-order chi connectivity index (χ1) is 13.8. The number of aromatic hydroxyl groups is 1. The molecule has 0 saturated heterocycles. The van der Waals surface area contributed by atoms with Crippen LogP contribution in [0.15, 0.2) is 41.6 Å². The van der Waals surface area contributed by atoms with E-state index in [9.17, 15) is 18.3 Å². The van der Waals surface area contributed by atoms with Crippen molar-refractivity contribution in [1.82, 2.24) is 15.3 Å². The number of aromatic nitrogens is 2. The predicted octanol–water partition coefficient (Wildman–Crippen LogP) is 1.69. The van der Waals surface area contributed by atoms with Crippen molar-refractivity contribution >= 4 is 26.6 Å². The van der Waals surface area contributed by atoms with Gasteiger partial charge < -0.3 is 19.9 Å². The van der Waals surface area contributed by atoms with Gasteiger partial charge in [-0.3, -0.25) is 9.78 Å². The minimum atomic E-state index is -3.77. The highest BCUT2D eigenvalue weighted by Crippen LogP contribution is 2.32. The van der Waals surface area contributed by atoms with Crippen LogP contribution in [0.5, 0.6) is 17.2 Å². The number of sulfone groups is 1. The van der Waals surface area contributed by atoms with Crippen LogP contribution in [0, 0.1) is 0 Å². The minimum absolute atomic E-state index is 0.0213. The lowest BCUT2D eigenvalue weighted by Crippen LogP contribution is -2.25. The summed E-state index contributed by atoms with van der Waals surface area (Å²) in [6.45, 7) is 0.0365. The van der Waals surface area contributed by atoms with E-state index in [0.717, 1.165) is 6.26 Å². The molecule has 2 N–H and O–H groups in total. The highest BCUT2D eigenvalue weighted by molar-refractivity contribution is 7.90. The Morgan fingerprint density at radius 1 is 1.17 bits per heavy atom. The normalized spacial score (nSPS) is 11.3. The molecule has 29 heavy (non-hydrogen) atoms. The third kappa shape index (κ3) is 3.92. The number of benzene rings is 1. The third-order valence-electron chi connectivity index (χ3n) is 4.19. The quantitative estimate of drug-likeness (QED) is 0.620. The molecule has 0 unspecified atom stereocenters. The van der Waals surface area contributed by atoms with Gasteiger partial charge in [-0.15, -0.1) is 0 Å². The van der Waals surface area contributed by atoms with Gasteiger partial charge in [0.05, 0.1) is 14.2 Å². The molecule has 3 rings (SSSR count). The van der Waals surface area contributed by atoms with Crippen molar-refractivity contribution in [2.75, 3.05) is 20.5 Å². The van der Waals surface area contributed by atoms with Crippen molar-refractivity contribution in [1.29, 1.82) is 0 Å². The maximum atomic E-state index is 12.7. The van der Waals surface area contributed by atoms with Gasteiger partial charge in [-0.2, -0.15) is 0 Å². The second-order valence-corrected chi connectivity index (χ2v) is 8.05. The molecule has 0 aliphatic rings. The number of methoxy groups -OCH3 is 2. The molecule has 2 aromatic heterocycles. The van der Waals surface area contributed by atoms with E-state index in [4.69, 9.17) is 9.47 Å². The molecular formula is C19H19N3O6S. The second-order valence-electron chi connectivity index (χ2n) is 6.12. The number of pyridine rings is 2. The van der Waals surface area contributed by atoms with Crippen LogP contribution in [0.3, 0.4) is 0 Å². The van der Waals surface area contributed by atoms with E-state index in [-0.39, 0.29) is 22.5 Å². The average molecular weight is 417 g/mol. The topological polar surface area (TPSA) is 128 Å².